The quantitative estimate of drug-likeness (QED) is 0.818. The maximum absolute atomic E-state index is 12.1. The van der Waals surface area contributed by atoms with Gasteiger partial charge in [0.05, 0.1) is 12.6 Å². The highest BCUT2D eigenvalue weighted by molar-refractivity contribution is 5.87. The minimum atomic E-state index is -0.550. The van der Waals surface area contributed by atoms with Gasteiger partial charge in [0.15, 0.2) is 0 Å². The summed E-state index contributed by atoms with van der Waals surface area (Å²) >= 11 is 0. The molecule has 0 aliphatic carbocycles. The van der Waals surface area contributed by atoms with E-state index in [-0.39, 0.29) is 42.7 Å². The maximum atomic E-state index is 12.1. The lowest BCUT2D eigenvalue weighted by atomic mass is 9.92. The zero-order valence-electron chi connectivity index (χ0n) is 12.9. The molecule has 6 heteroatoms. The topological polar surface area (TPSA) is 75.4 Å². The van der Waals surface area contributed by atoms with Crippen molar-refractivity contribution in [3.05, 3.63) is 0 Å². The summed E-state index contributed by atoms with van der Waals surface area (Å²) in [6.45, 7) is 8.86. The van der Waals surface area contributed by atoms with Crippen molar-refractivity contribution in [3.8, 4) is 0 Å². The molecule has 0 saturated carbocycles. The maximum Gasteiger partial charge on any atom is 0.242 e. The molecule has 3 atom stereocenters. The zero-order valence-corrected chi connectivity index (χ0v) is 13.7. The molecule has 0 aromatic heterocycles. The van der Waals surface area contributed by atoms with E-state index in [9.17, 15) is 9.59 Å². The van der Waals surface area contributed by atoms with Gasteiger partial charge >= 0.3 is 0 Å². The third-order valence-electron chi connectivity index (χ3n) is 4.13. The molecule has 0 bridgehead atoms. The third-order valence-corrected chi connectivity index (χ3v) is 4.13. The first-order valence-electron chi connectivity index (χ1n) is 7.17. The van der Waals surface area contributed by atoms with Gasteiger partial charge in [-0.2, -0.15) is 0 Å². The molecule has 5 nitrogen and oxygen atoms in total. The first kappa shape index (κ1) is 19.2. The normalized spacial score (nSPS) is 24.0. The van der Waals surface area contributed by atoms with Crippen molar-refractivity contribution in [2.24, 2.45) is 17.6 Å². The standard InChI is InChI=1S/C14H27N3O2.ClH/c1-9(2)13(15)14(19)16-8-12(18)17-7-5-6-10(3)11(17)4;/h9-11,13H,5-8,15H2,1-4H3,(H,16,19);1H/t10?,11?,13-;/m0./s1. The van der Waals surface area contributed by atoms with E-state index in [0.29, 0.717) is 5.92 Å². The van der Waals surface area contributed by atoms with Gasteiger partial charge < -0.3 is 16.0 Å². The van der Waals surface area contributed by atoms with Crippen molar-refractivity contribution in [1.82, 2.24) is 10.2 Å². The highest BCUT2D eigenvalue weighted by Gasteiger charge is 2.28. The molecule has 2 unspecified atom stereocenters. The summed E-state index contributed by atoms with van der Waals surface area (Å²) in [5.41, 5.74) is 5.74. The number of nitrogens with one attached hydrogen (secondary N) is 1. The summed E-state index contributed by atoms with van der Waals surface area (Å²) < 4.78 is 0. The highest BCUT2D eigenvalue weighted by atomic mass is 35.5. The molecule has 0 spiro atoms. The molecule has 1 aliphatic rings. The highest BCUT2D eigenvalue weighted by Crippen LogP contribution is 2.22. The second kappa shape index (κ2) is 8.47. The van der Waals surface area contributed by atoms with Crippen LogP contribution in [0.15, 0.2) is 0 Å². The Hall–Kier alpha value is -0.810. The van der Waals surface area contributed by atoms with Crippen LogP contribution in [0.3, 0.4) is 0 Å². The van der Waals surface area contributed by atoms with Crippen molar-refractivity contribution in [1.29, 1.82) is 0 Å². The molecular weight excluding hydrogens is 278 g/mol. The van der Waals surface area contributed by atoms with Crippen LogP contribution < -0.4 is 11.1 Å². The smallest absolute Gasteiger partial charge is 0.242 e. The molecule has 0 aromatic rings. The van der Waals surface area contributed by atoms with E-state index in [1.165, 1.54) is 0 Å². The Balaban J connectivity index is 0.00000361. The first-order chi connectivity index (χ1) is 8.84. The van der Waals surface area contributed by atoms with Crippen LogP contribution in [0.5, 0.6) is 0 Å². The van der Waals surface area contributed by atoms with Crippen molar-refractivity contribution < 1.29 is 9.59 Å². The molecule has 1 fully saturated rings. The Labute approximate surface area is 128 Å². The average molecular weight is 306 g/mol. The average Bonchev–Trinajstić information content (AvgIpc) is 2.37. The van der Waals surface area contributed by atoms with Crippen LogP contribution in [0.2, 0.25) is 0 Å². The summed E-state index contributed by atoms with van der Waals surface area (Å²) in [5, 5.41) is 2.64. The summed E-state index contributed by atoms with van der Waals surface area (Å²) in [6.07, 6.45) is 2.20. The van der Waals surface area contributed by atoms with Gasteiger partial charge in [-0.25, -0.2) is 0 Å². The second-order valence-electron chi connectivity index (χ2n) is 5.93. The van der Waals surface area contributed by atoms with Crippen LogP contribution in [0.25, 0.3) is 0 Å². The van der Waals surface area contributed by atoms with Crippen LogP contribution in [0.1, 0.15) is 40.5 Å². The number of carbonyl (C=O) groups excluding carboxylic acids is 2. The lowest BCUT2D eigenvalue weighted by molar-refractivity contribution is -0.137. The molecular formula is C14H28ClN3O2. The van der Waals surface area contributed by atoms with Gasteiger partial charge in [0.2, 0.25) is 11.8 Å². The second-order valence-corrected chi connectivity index (χ2v) is 5.93. The van der Waals surface area contributed by atoms with Crippen molar-refractivity contribution in [3.63, 3.8) is 0 Å². The zero-order chi connectivity index (χ0) is 14.6. The van der Waals surface area contributed by atoms with Crippen LogP contribution in [-0.4, -0.2) is 41.9 Å². The fourth-order valence-corrected chi connectivity index (χ4v) is 2.37. The summed E-state index contributed by atoms with van der Waals surface area (Å²) in [6, 6.07) is -0.303. The number of hydrogen-bond acceptors (Lipinski definition) is 3. The van der Waals surface area contributed by atoms with Gasteiger partial charge in [-0.3, -0.25) is 9.59 Å². The van der Waals surface area contributed by atoms with Gasteiger partial charge in [-0.1, -0.05) is 20.8 Å². The molecule has 1 aliphatic heterocycles. The number of amides is 2. The lowest BCUT2D eigenvalue weighted by Gasteiger charge is -2.38. The van der Waals surface area contributed by atoms with Gasteiger partial charge in [0, 0.05) is 12.6 Å². The number of halogens is 1. The summed E-state index contributed by atoms with van der Waals surface area (Å²) in [4.78, 5) is 25.7. The minimum Gasteiger partial charge on any atom is -0.346 e. The Bertz CT molecular complexity index is 336. The number of carbonyl (C=O) groups is 2. The van der Waals surface area contributed by atoms with Crippen molar-refractivity contribution in [2.45, 2.75) is 52.6 Å². The van der Waals surface area contributed by atoms with Crippen molar-refractivity contribution in [2.75, 3.05) is 13.1 Å². The Morgan fingerprint density at radius 2 is 1.95 bits per heavy atom. The molecule has 2 amide bonds. The van der Waals surface area contributed by atoms with Gasteiger partial charge in [0.25, 0.3) is 0 Å². The fraction of sp³-hybridized carbons (Fsp3) is 0.857. The predicted molar refractivity (Wildman–Crippen MR) is 82.6 cm³/mol. The summed E-state index contributed by atoms with van der Waals surface area (Å²) in [7, 11) is 0. The van der Waals surface area contributed by atoms with Crippen LogP contribution in [0, 0.1) is 11.8 Å². The molecule has 0 radical (unpaired) electrons. The first-order valence-corrected chi connectivity index (χ1v) is 7.17. The van der Waals surface area contributed by atoms with Crippen molar-refractivity contribution >= 4 is 24.2 Å². The van der Waals surface area contributed by atoms with Gasteiger partial charge in [-0.15, -0.1) is 12.4 Å². The Kier molecular flexibility index (Phi) is 8.13. The minimum absolute atomic E-state index is 0. The number of hydrogen-bond donors (Lipinski definition) is 2. The van der Waals surface area contributed by atoms with E-state index in [0.717, 1.165) is 19.4 Å². The van der Waals surface area contributed by atoms with E-state index in [1.807, 2.05) is 18.7 Å². The van der Waals surface area contributed by atoms with E-state index in [2.05, 4.69) is 19.2 Å². The summed E-state index contributed by atoms with van der Waals surface area (Å²) in [5.74, 6) is 0.333. The molecule has 1 heterocycles. The Morgan fingerprint density at radius 3 is 2.50 bits per heavy atom. The van der Waals surface area contributed by atoms with Gasteiger partial charge in [-0.05, 0) is 31.6 Å². The largest absolute Gasteiger partial charge is 0.346 e. The monoisotopic (exact) mass is 305 g/mol. The molecule has 20 heavy (non-hydrogen) atoms. The predicted octanol–water partition coefficient (Wildman–Crippen LogP) is 1.15. The Morgan fingerprint density at radius 1 is 1.35 bits per heavy atom. The van der Waals surface area contributed by atoms with E-state index < -0.39 is 6.04 Å². The third kappa shape index (κ3) is 4.94. The number of nitrogens with zero attached hydrogens (tertiary/aromatic N) is 1. The van der Waals surface area contributed by atoms with Crippen LogP contribution in [-0.2, 0) is 9.59 Å². The lowest BCUT2D eigenvalue weighted by Crippen LogP contribution is -2.52. The molecule has 3 N–H and O–H groups in total. The SMILES string of the molecule is CC1CCCN(C(=O)CNC(=O)[C@@H](N)C(C)C)C1C.Cl. The molecule has 1 saturated heterocycles. The van der Waals surface area contributed by atoms with E-state index in [4.69, 9.17) is 5.73 Å². The number of nitrogens with two attached hydrogens (primary N) is 1. The van der Waals surface area contributed by atoms with E-state index >= 15 is 0 Å². The molecule has 0 aromatic carbocycles. The number of likely N-dealkylation sites (tertiary alicyclic amines) is 1. The van der Waals surface area contributed by atoms with Crippen LogP contribution in [0.4, 0.5) is 0 Å². The molecule has 118 valence electrons. The van der Waals surface area contributed by atoms with E-state index in [1.54, 1.807) is 0 Å². The number of piperidine rings is 1. The number of rotatable bonds is 4. The fourth-order valence-electron chi connectivity index (χ4n) is 2.37. The van der Waals surface area contributed by atoms with Crippen LogP contribution >= 0.6 is 12.4 Å². The van der Waals surface area contributed by atoms with Gasteiger partial charge in [0.1, 0.15) is 0 Å². The molecule has 1 rings (SSSR count).